The fraction of sp³-hybridized carbons (Fsp3) is 0.222. The number of aromatic nitrogens is 1. The third-order valence-electron chi connectivity index (χ3n) is 3.90. The third kappa shape index (κ3) is 4.64. The van der Waals surface area contributed by atoms with E-state index < -0.39 is 4.92 Å². The number of nitriles is 1. The highest BCUT2D eigenvalue weighted by Gasteiger charge is 2.10. The highest BCUT2D eigenvalue weighted by atomic mass is 32.1. The van der Waals surface area contributed by atoms with Gasteiger partial charge in [-0.2, -0.15) is 5.26 Å². The summed E-state index contributed by atoms with van der Waals surface area (Å²) in [5.41, 5.74) is 2.16. The molecule has 0 aliphatic carbocycles. The van der Waals surface area contributed by atoms with Crippen LogP contribution in [0.4, 0.5) is 22.2 Å². The van der Waals surface area contributed by atoms with E-state index >= 15 is 0 Å². The molecule has 0 amide bonds. The molecule has 0 bridgehead atoms. The van der Waals surface area contributed by atoms with Gasteiger partial charge in [0.25, 0.3) is 5.69 Å². The Morgan fingerprint density at radius 3 is 2.68 bits per heavy atom. The van der Waals surface area contributed by atoms with Crippen molar-refractivity contribution in [1.82, 2.24) is 4.98 Å². The minimum absolute atomic E-state index is 0.00264. The molecule has 3 rings (SSSR count). The average molecular weight is 396 g/mol. The largest absolute Gasteiger partial charge is 0.395 e. The summed E-state index contributed by atoms with van der Waals surface area (Å²) in [5.74, 6) is 0. The van der Waals surface area contributed by atoms with E-state index in [0.29, 0.717) is 40.5 Å². The zero-order chi connectivity index (χ0) is 19.9. The number of anilines is 1. The van der Waals surface area contributed by atoms with Crippen LogP contribution in [0.15, 0.2) is 52.7 Å². The molecular weight excluding hydrogens is 380 g/mol. The maximum Gasteiger partial charge on any atom is 0.270 e. The maximum absolute atomic E-state index is 10.9. The lowest BCUT2D eigenvalue weighted by Gasteiger charge is -2.22. The second-order valence-electron chi connectivity index (χ2n) is 5.74. The lowest BCUT2D eigenvalue weighted by molar-refractivity contribution is -0.384. The Kier molecular flexibility index (Phi) is 6.21. The van der Waals surface area contributed by atoms with Gasteiger partial charge in [0.15, 0.2) is 0 Å². The van der Waals surface area contributed by atoms with Gasteiger partial charge in [-0.1, -0.05) is 11.3 Å². The molecule has 3 aromatic rings. The van der Waals surface area contributed by atoms with Gasteiger partial charge in [0.1, 0.15) is 0 Å². The molecule has 0 aliphatic rings. The lowest BCUT2D eigenvalue weighted by atomic mass is 10.2. The number of nitro groups is 1. The van der Waals surface area contributed by atoms with Crippen molar-refractivity contribution < 1.29 is 10.0 Å². The van der Waals surface area contributed by atoms with Crippen molar-refractivity contribution in [2.45, 2.75) is 6.42 Å². The van der Waals surface area contributed by atoms with Gasteiger partial charge in [0.2, 0.25) is 5.13 Å². The number of aliphatic hydroxyl groups excluding tert-OH is 1. The van der Waals surface area contributed by atoms with Crippen LogP contribution in [0, 0.1) is 21.4 Å². The number of thiazole rings is 1. The number of aliphatic hydroxyl groups is 1. The first-order valence-corrected chi connectivity index (χ1v) is 9.22. The van der Waals surface area contributed by atoms with E-state index in [2.05, 4.69) is 21.3 Å². The Morgan fingerprint density at radius 2 is 2.00 bits per heavy atom. The zero-order valence-corrected chi connectivity index (χ0v) is 15.5. The number of nitro benzene ring substituents is 1. The first kappa shape index (κ1) is 19.3. The molecule has 1 N–H and O–H groups in total. The molecule has 2 aromatic carbocycles. The summed E-state index contributed by atoms with van der Waals surface area (Å²) in [6.07, 6.45) is 0.372. The van der Waals surface area contributed by atoms with Crippen LogP contribution in [0.5, 0.6) is 0 Å². The van der Waals surface area contributed by atoms with Crippen LogP contribution in [0.25, 0.3) is 10.2 Å². The van der Waals surface area contributed by atoms with Crippen molar-refractivity contribution in [3.63, 3.8) is 0 Å². The number of benzene rings is 2. The van der Waals surface area contributed by atoms with Gasteiger partial charge < -0.3 is 10.0 Å². The number of hydrogen-bond acceptors (Lipinski definition) is 9. The van der Waals surface area contributed by atoms with Crippen molar-refractivity contribution in [3.8, 4) is 6.07 Å². The Balaban J connectivity index is 1.74. The standard InChI is InChI=1S/C18H16N6O3S/c19-8-1-9-23(10-11-25)14-4-2-13(3-5-14)21-22-18-20-16-7-6-15(24(26)27)12-17(16)28-18/h2-7,12,25H,1,9-11H2/b22-21+. The number of nitrogens with zero attached hydrogens (tertiary/aromatic N) is 6. The molecule has 28 heavy (non-hydrogen) atoms. The van der Waals surface area contributed by atoms with Crippen molar-refractivity contribution in [2.75, 3.05) is 24.6 Å². The topological polar surface area (TPSA) is 128 Å². The van der Waals surface area contributed by atoms with Gasteiger partial charge in [-0.05, 0) is 30.3 Å². The molecule has 1 aromatic heterocycles. The molecule has 142 valence electrons. The summed E-state index contributed by atoms with van der Waals surface area (Å²) >= 11 is 1.23. The van der Waals surface area contributed by atoms with E-state index in [-0.39, 0.29) is 12.3 Å². The monoisotopic (exact) mass is 396 g/mol. The number of fused-ring (bicyclic) bond motifs is 1. The highest BCUT2D eigenvalue weighted by molar-refractivity contribution is 7.21. The van der Waals surface area contributed by atoms with Crippen LogP contribution in [0.3, 0.4) is 0 Å². The number of rotatable bonds is 8. The highest BCUT2D eigenvalue weighted by Crippen LogP contribution is 2.32. The maximum atomic E-state index is 10.9. The van der Waals surface area contributed by atoms with E-state index in [9.17, 15) is 10.1 Å². The van der Waals surface area contributed by atoms with E-state index in [1.807, 2.05) is 17.0 Å². The lowest BCUT2D eigenvalue weighted by Crippen LogP contribution is -2.27. The van der Waals surface area contributed by atoms with Crippen LogP contribution in [0.1, 0.15) is 6.42 Å². The Bertz CT molecular complexity index is 1040. The molecular formula is C18H16N6O3S. The summed E-state index contributed by atoms with van der Waals surface area (Å²) < 4.78 is 0.677. The number of azo groups is 1. The van der Waals surface area contributed by atoms with E-state index in [1.165, 1.54) is 23.5 Å². The van der Waals surface area contributed by atoms with Gasteiger partial charge in [-0.25, -0.2) is 4.98 Å². The van der Waals surface area contributed by atoms with E-state index in [0.717, 1.165) is 5.69 Å². The van der Waals surface area contributed by atoms with E-state index in [1.54, 1.807) is 18.2 Å². The normalized spacial score (nSPS) is 11.0. The second kappa shape index (κ2) is 8.98. The van der Waals surface area contributed by atoms with Gasteiger partial charge in [-0.3, -0.25) is 10.1 Å². The molecule has 0 unspecified atom stereocenters. The number of non-ortho nitro benzene ring substituents is 1. The van der Waals surface area contributed by atoms with Crippen LogP contribution in [-0.2, 0) is 0 Å². The minimum atomic E-state index is -0.446. The fourth-order valence-corrected chi connectivity index (χ4v) is 3.38. The smallest absolute Gasteiger partial charge is 0.270 e. The fourth-order valence-electron chi connectivity index (χ4n) is 2.56. The molecule has 0 fully saturated rings. The number of hydrogen-bond donors (Lipinski definition) is 1. The quantitative estimate of drug-likeness (QED) is 0.343. The van der Waals surface area contributed by atoms with Gasteiger partial charge in [0, 0.05) is 30.9 Å². The second-order valence-corrected chi connectivity index (χ2v) is 6.75. The molecule has 1 heterocycles. The van der Waals surface area contributed by atoms with E-state index in [4.69, 9.17) is 10.4 Å². The molecule has 0 saturated heterocycles. The Labute approximate surface area is 164 Å². The van der Waals surface area contributed by atoms with Gasteiger partial charge in [0.05, 0.1) is 39.9 Å². The molecule has 0 atom stereocenters. The van der Waals surface area contributed by atoms with Crippen molar-refractivity contribution in [1.29, 1.82) is 5.26 Å². The van der Waals surface area contributed by atoms with Crippen molar-refractivity contribution >= 4 is 43.7 Å². The predicted molar refractivity (Wildman–Crippen MR) is 106 cm³/mol. The van der Waals surface area contributed by atoms with Crippen LogP contribution >= 0.6 is 11.3 Å². The van der Waals surface area contributed by atoms with Crippen molar-refractivity contribution in [2.24, 2.45) is 10.2 Å². The summed E-state index contributed by atoms with van der Waals surface area (Å²) in [6, 6.07) is 13.8. The van der Waals surface area contributed by atoms with Crippen LogP contribution in [-0.4, -0.2) is 34.7 Å². The third-order valence-corrected chi connectivity index (χ3v) is 4.80. The van der Waals surface area contributed by atoms with Gasteiger partial charge in [-0.15, -0.1) is 10.2 Å². The molecule has 0 aliphatic heterocycles. The van der Waals surface area contributed by atoms with Crippen LogP contribution in [0.2, 0.25) is 0 Å². The predicted octanol–water partition coefficient (Wildman–Crippen LogP) is 4.33. The minimum Gasteiger partial charge on any atom is -0.395 e. The summed E-state index contributed by atoms with van der Waals surface area (Å²) in [6.45, 7) is 0.985. The van der Waals surface area contributed by atoms with Crippen molar-refractivity contribution in [3.05, 3.63) is 52.6 Å². The SMILES string of the molecule is N#CCCN(CCO)c1ccc(/N=N/c2nc3ccc([N+](=O)[O-])cc3s2)cc1. The van der Waals surface area contributed by atoms with Crippen LogP contribution < -0.4 is 4.90 Å². The summed E-state index contributed by atoms with van der Waals surface area (Å²) in [5, 5.41) is 37.4. The summed E-state index contributed by atoms with van der Waals surface area (Å²) in [7, 11) is 0. The first-order valence-electron chi connectivity index (χ1n) is 8.40. The first-order chi connectivity index (χ1) is 13.6. The molecule has 0 radical (unpaired) electrons. The average Bonchev–Trinajstić information content (AvgIpc) is 3.12. The molecule has 9 nitrogen and oxygen atoms in total. The Morgan fingerprint density at radius 1 is 1.21 bits per heavy atom. The molecule has 0 saturated carbocycles. The molecule has 10 heteroatoms. The molecule has 0 spiro atoms. The zero-order valence-electron chi connectivity index (χ0n) is 14.7. The Hall–Kier alpha value is -3.42. The van der Waals surface area contributed by atoms with Gasteiger partial charge >= 0.3 is 0 Å². The summed E-state index contributed by atoms with van der Waals surface area (Å²) in [4.78, 5) is 16.6.